The summed E-state index contributed by atoms with van der Waals surface area (Å²) in [7, 11) is 0. The second-order valence-corrected chi connectivity index (χ2v) is 6.17. The molecule has 0 aromatic heterocycles. The molecule has 7 nitrogen and oxygen atoms in total. The Bertz CT molecular complexity index is 1000. The molecule has 0 radical (unpaired) electrons. The van der Waals surface area contributed by atoms with Crippen molar-refractivity contribution < 1.29 is 14.4 Å². The zero-order valence-corrected chi connectivity index (χ0v) is 15.2. The maximum Gasteiger partial charge on any atom is 0.329 e. The van der Waals surface area contributed by atoms with E-state index in [-0.39, 0.29) is 12.2 Å². The van der Waals surface area contributed by atoms with Crippen LogP contribution >= 0.6 is 0 Å². The Morgan fingerprint density at radius 3 is 2.57 bits per heavy atom. The largest absolute Gasteiger partial charge is 0.329 e. The van der Waals surface area contributed by atoms with Gasteiger partial charge in [0.1, 0.15) is 12.2 Å². The highest BCUT2D eigenvalue weighted by molar-refractivity contribution is 6.16. The van der Waals surface area contributed by atoms with Gasteiger partial charge in [-0.1, -0.05) is 37.3 Å². The van der Waals surface area contributed by atoms with Crippen molar-refractivity contribution in [3.63, 3.8) is 0 Å². The van der Waals surface area contributed by atoms with Crippen LogP contribution in [0.2, 0.25) is 0 Å². The van der Waals surface area contributed by atoms with Crippen molar-refractivity contribution in [1.82, 2.24) is 10.2 Å². The number of carbonyl (C=O) groups is 3. The number of anilines is 1. The standard InChI is InChI=1S/C21H18N4O3/c1-2-16-5-3-4-6-17(16)23-19(26)13-25-20(27)18(24-21(25)28)11-14-7-9-15(12-22)10-8-14/h3-11H,2,13H2,1H3,(H,23,26)(H,24,28)/b18-11+. The first-order valence-corrected chi connectivity index (χ1v) is 8.74. The van der Waals surface area contributed by atoms with Gasteiger partial charge in [-0.05, 0) is 41.8 Å². The lowest BCUT2D eigenvalue weighted by Gasteiger charge is -2.13. The lowest BCUT2D eigenvalue weighted by Crippen LogP contribution is -2.38. The normalized spacial score (nSPS) is 14.7. The van der Waals surface area contributed by atoms with Crippen molar-refractivity contribution in [2.24, 2.45) is 0 Å². The van der Waals surface area contributed by atoms with Gasteiger partial charge in [-0.15, -0.1) is 0 Å². The van der Waals surface area contributed by atoms with Gasteiger partial charge < -0.3 is 10.6 Å². The first-order chi connectivity index (χ1) is 13.5. The van der Waals surface area contributed by atoms with Crippen LogP contribution in [0.4, 0.5) is 10.5 Å². The van der Waals surface area contributed by atoms with Crippen LogP contribution in [0.5, 0.6) is 0 Å². The molecule has 2 aromatic carbocycles. The Kier molecular flexibility index (Phi) is 5.51. The fourth-order valence-corrected chi connectivity index (χ4v) is 2.82. The highest BCUT2D eigenvalue weighted by atomic mass is 16.2. The van der Waals surface area contributed by atoms with Crippen LogP contribution in [0.1, 0.15) is 23.6 Å². The third kappa shape index (κ3) is 4.07. The summed E-state index contributed by atoms with van der Waals surface area (Å²) < 4.78 is 0. The van der Waals surface area contributed by atoms with Crippen molar-refractivity contribution in [3.8, 4) is 6.07 Å². The number of urea groups is 1. The van der Waals surface area contributed by atoms with Crippen molar-refractivity contribution in [2.45, 2.75) is 13.3 Å². The van der Waals surface area contributed by atoms with Crippen LogP contribution in [0.25, 0.3) is 6.08 Å². The van der Waals surface area contributed by atoms with E-state index in [1.54, 1.807) is 36.4 Å². The topological polar surface area (TPSA) is 102 Å². The first-order valence-electron chi connectivity index (χ1n) is 8.74. The minimum Gasteiger partial charge on any atom is -0.324 e. The fourth-order valence-electron chi connectivity index (χ4n) is 2.82. The number of para-hydroxylation sites is 1. The van der Waals surface area contributed by atoms with Gasteiger partial charge in [-0.3, -0.25) is 9.59 Å². The SMILES string of the molecule is CCc1ccccc1NC(=O)CN1C(=O)N/C(=C/c2ccc(C#N)cc2)C1=O. The Balaban J connectivity index is 1.70. The van der Waals surface area contributed by atoms with Gasteiger partial charge in [0.05, 0.1) is 11.6 Å². The first kappa shape index (κ1) is 18.9. The number of nitrogens with zero attached hydrogens (tertiary/aromatic N) is 2. The van der Waals surface area contributed by atoms with Gasteiger partial charge in [-0.25, -0.2) is 9.69 Å². The van der Waals surface area contributed by atoms with Crippen molar-refractivity contribution in [3.05, 3.63) is 70.9 Å². The third-order valence-corrected chi connectivity index (χ3v) is 4.29. The van der Waals surface area contributed by atoms with E-state index in [2.05, 4.69) is 10.6 Å². The van der Waals surface area contributed by atoms with E-state index in [4.69, 9.17) is 5.26 Å². The number of benzene rings is 2. The number of nitrogens with one attached hydrogen (secondary N) is 2. The Morgan fingerprint density at radius 2 is 1.89 bits per heavy atom. The fraction of sp³-hybridized carbons (Fsp3) is 0.143. The van der Waals surface area contributed by atoms with Gasteiger partial charge in [0.15, 0.2) is 0 Å². The molecule has 1 heterocycles. The molecular weight excluding hydrogens is 356 g/mol. The molecule has 0 bridgehead atoms. The molecular formula is C21H18N4O3. The van der Waals surface area contributed by atoms with Gasteiger partial charge in [-0.2, -0.15) is 5.26 Å². The van der Waals surface area contributed by atoms with Crippen molar-refractivity contribution in [2.75, 3.05) is 11.9 Å². The van der Waals surface area contributed by atoms with Gasteiger partial charge >= 0.3 is 6.03 Å². The van der Waals surface area contributed by atoms with Crippen LogP contribution in [0, 0.1) is 11.3 Å². The summed E-state index contributed by atoms with van der Waals surface area (Å²) in [6.45, 7) is 1.59. The molecule has 1 aliphatic heterocycles. The number of hydrogen-bond acceptors (Lipinski definition) is 4. The van der Waals surface area contributed by atoms with E-state index in [1.807, 2.05) is 25.1 Å². The highest BCUT2D eigenvalue weighted by Gasteiger charge is 2.34. The molecule has 1 aliphatic rings. The molecule has 0 aliphatic carbocycles. The number of amides is 4. The molecule has 0 spiro atoms. The smallest absolute Gasteiger partial charge is 0.324 e. The molecule has 1 fully saturated rings. The molecule has 0 unspecified atom stereocenters. The Morgan fingerprint density at radius 1 is 1.18 bits per heavy atom. The monoisotopic (exact) mass is 374 g/mol. The van der Waals surface area contributed by atoms with Gasteiger partial charge in [0.2, 0.25) is 5.91 Å². The molecule has 3 rings (SSSR count). The van der Waals surface area contributed by atoms with Crippen LogP contribution in [0.15, 0.2) is 54.2 Å². The summed E-state index contributed by atoms with van der Waals surface area (Å²) in [5, 5.41) is 14.0. The zero-order chi connectivity index (χ0) is 20.1. The van der Waals surface area contributed by atoms with E-state index in [9.17, 15) is 14.4 Å². The molecule has 4 amide bonds. The number of hydrogen-bond donors (Lipinski definition) is 2. The van der Waals surface area contributed by atoms with Crippen LogP contribution in [0.3, 0.4) is 0 Å². The molecule has 140 valence electrons. The Labute approximate surface area is 162 Å². The predicted octanol–water partition coefficient (Wildman–Crippen LogP) is 2.65. The van der Waals surface area contributed by atoms with Gasteiger partial charge in [0.25, 0.3) is 5.91 Å². The molecule has 28 heavy (non-hydrogen) atoms. The average molecular weight is 374 g/mol. The quantitative estimate of drug-likeness (QED) is 0.620. The lowest BCUT2D eigenvalue weighted by molar-refractivity contribution is -0.127. The second kappa shape index (κ2) is 8.18. The zero-order valence-electron chi connectivity index (χ0n) is 15.2. The van der Waals surface area contributed by atoms with E-state index >= 15 is 0 Å². The van der Waals surface area contributed by atoms with E-state index < -0.39 is 17.8 Å². The maximum absolute atomic E-state index is 12.5. The predicted molar refractivity (Wildman–Crippen MR) is 104 cm³/mol. The molecule has 1 saturated heterocycles. The van der Waals surface area contributed by atoms with E-state index in [0.717, 1.165) is 16.9 Å². The minimum atomic E-state index is -0.649. The van der Waals surface area contributed by atoms with Gasteiger partial charge in [0, 0.05) is 5.69 Å². The molecule has 0 atom stereocenters. The minimum absolute atomic E-state index is 0.0801. The van der Waals surface area contributed by atoms with Crippen molar-refractivity contribution >= 4 is 29.6 Å². The highest BCUT2D eigenvalue weighted by Crippen LogP contribution is 2.17. The second-order valence-electron chi connectivity index (χ2n) is 6.17. The summed E-state index contributed by atoms with van der Waals surface area (Å²) in [5.41, 5.74) is 2.86. The molecule has 7 heteroatoms. The average Bonchev–Trinajstić information content (AvgIpc) is 2.96. The third-order valence-electron chi connectivity index (χ3n) is 4.29. The van der Waals surface area contributed by atoms with Crippen molar-refractivity contribution in [1.29, 1.82) is 5.26 Å². The van der Waals surface area contributed by atoms with Crippen LogP contribution < -0.4 is 10.6 Å². The number of carbonyl (C=O) groups excluding carboxylic acids is 3. The Hall–Kier alpha value is -3.92. The summed E-state index contributed by atoms with van der Waals surface area (Å²) in [5.74, 6) is -1.03. The summed E-state index contributed by atoms with van der Waals surface area (Å²) in [6.07, 6.45) is 2.25. The van der Waals surface area contributed by atoms with Crippen LogP contribution in [-0.4, -0.2) is 29.3 Å². The number of imide groups is 1. The molecule has 2 aromatic rings. The van der Waals surface area contributed by atoms with E-state index in [1.165, 1.54) is 6.08 Å². The van der Waals surface area contributed by atoms with E-state index in [0.29, 0.717) is 16.8 Å². The molecule has 2 N–H and O–H groups in total. The summed E-state index contributed by atoms with van der Waals surface area (Å²) in [6, 6.07) is 15.3. The maximum atomic E-state index is 12.5. The summed E-state index contributed by atoms with van der Waals surface area (Å²) >= 11 is 0. The number of nitriles is 1. The van der Waals surface area contributed by atoms with Crippen LogP contribution in [-0.2, 0) is 16.0 Å². The lowest BCUT2D eigenvalue weighted by atomic mass is 10.1. The summed E-state index contributed by atoms with van der Waals surface area (Å²) in [4.78, 5) is 37.8. The number of aryl methyl sites for hydroxylation is 1. The number of rotatable bonds is 5. The molecule has 0 saturated carbocycles.